The number of halogens is 1. The van der Waals surface area contributed by atoms with E-state index in [1.54, 1.807) is 6.07 Å². The highest BCUT2D eigenvalue weighted by Crippen LogP contribution is 2.60. The molecular weight excluding hydrogens is 417 g/mol. The zero-order chi connectivity index (χ0) is 21.5. The van der Waals surface area contributed by atoms with E-state index >= 15 is 0 Å². The van der Waals surface area contributed by atoms with Gasteiger partial charge in [0.15, 0.2) is 9.84 Å². The minimum absolute atomic E-state index is 0.0841. The molecule has 1 unspecified atom stereocenters. The zero-order valence-corrected chi connectivity index (χ0v) is 18.3. The molecule has 3 atom stereocenters. The Balaban J connectivity index is 1.22. The lowest BCUT2D eigenvalue weighted by molar-refractivity contribution is -0.0126. The molecule has 1 aromatic heterocycles. The molecule has 3 aliphatic rings. The molecule has 1 aromatic carbocycles. The minimum atomic E-state index is -3.06. The molecule has 2 heterocycles. The summed E-state index contributed by atoms with van der Waals surface area (Å²) in [6, 6.07) is 10.6. The second kappa shape index (κ2) is 8.17. The fourth-order valence-electron chi connectivity index (χ4n) is 5.10. The lowest BCUT2D eigenvalue weighted by atomic mass is 9.85. The van der Waals surface area contributed by atoms with Gasteiger partial charge in [-0.1, -0.05) is 6.42 Å². The Morgan fingerprint density at radius 3 is 2.65 bits per heavy atom. The molecule has 0 bridgehead atoms. The van der Waals surface area contributed by atoms with E-state index in [2.05, 4.69) is 4.98 Å². The second-order valence-electron chi connectivity index (χ2n) is 9.27. The molecule has 0 N–H and O–H groups in total. The summed E-state index contributed by atoms with van der Waals surface area (Å²) in [5.74, 6) is 1.17. The molecule has 0 amide bonds. The van der Waals surface area contributed by atoms with Crippen LogP contribution in [0.5, 0.6) is 5.75 Å². The summed E-state index contributed by atoms with van der Waals surface area (Å²) in [7, 11) is -3.06. The van der Waals surface area contributed by atoms with Gasteiger partial charge in [0.25, 0.3) is 0 Å². The first kappa shape index (κ1) is 20.9. The van der Waals surface area contributed by atoms with Crippen LogP contribution in [0.25, 0.3) is 11.3 Å². The molecule has 3 fully saturated rings. The number of aromatic nitrogens is 1. The monoisotopic (exact) mass is 445 g/mol. The van der Waals surface area contributed by atoms with Crippen LogP contribution in [0.4, 0.5) is 4.39 Å². The summed E-state index contributed by atoms with van der Waals surface area (Å²) in [5.41, 5.74) is 1.40. The van der Waals surface area contributed by atoms with E-state index in [0.717, 1.165) is 43.4 Å². The van der Waals surface area contributed by atoms with Gasteiger partial charge in [0.2, 0.25) is 0 Å². The van der Waals surface area contributed by atoms with E-state index in [9.17, 15) is 12.8 Å². The number of hydrogen-bond acceptors (Lipinski definition) is 5. The number of nitrogens with zero attached hydrogens (tertiary/aromatic N) is 1. The van der Waals surface area contributed by atoms with E-state index in [1.165, 1.54) is 12.3 Å². The minimum Gasteiger partial charge on any atom is -0.493 e. The summed E-state index contributed by atoms with van der Waals surface area (Å²) in [5, 5.41) is -0.231. The lowest BCUT2D eigenvalue weighted by Crippen LogP contribution is -2.38. The van der Waals surface area contributed by atoms with Crippen LogP contribution in [-0.2, 0) is 14.6 Å². The molecular formula is C24H28FNO4S. The fourth-order valence-corrected chi connectivity index (χ4v) is 7.92. The third kappa shape index (κ3) is 4.22. The molecule has 5 nitrogen and oxygen atoms in total. The lowest BCUT2D eigenvalue weighted by Gasteiger charge is -2.33. The molecule has 1 aliphatic heterocycles. The highest BCUT2D eigenvalue weighted by Gasteiger charge is 2.65. The Morgan fingerprint density at radius 2 is 1.97 bits per heavy atom. The van der Waals surface area contributed by atoms with Crippen molar-refractivity contribution in [2.45, 2.75) is 37.4 Å². The molecule has 0 radical (unpaired) electrons. The Labute approximate surface area is 182 Å². The topological polar surface area (TPSA) is 65.5 Å². The molecule has 2 saturated carbocycles. The van der Waals surface area contributed by atoms with Crippen LogP contribution >= 0.6 is 0 Å². The van der Waals surface area contributed by atoms with Crippen LogP contribution in [0, 0.1) is 23.1 Å². The van der Waals surface area contributed by atoms with Crippen molar-refractivity contribution in [1.82, 2.24) is 4.98 Å². The summed E-state index contributed by atoms with van der Waals surface area (Å²) in [6.07, 6.45) is 6.01. The molecule has 5 rings (SSSR count). The van der Waals surface area contributed by atoms with E-state index in [0.29, 0.717) is 37.2 Å². The Hall–Kier alpha value is -1.99. The number of pyridine rings is 1. The van der Waals surface area contributed by atoms with Gasteiger partial charge in [-0.3, -0.25) is 4.98 Å². The maximum atomic E-state index is 13.1. The van der Waals surface area contributed by atoms with Crippen molar-refractivity contribution in [3.05, 3.63) is 48.4 Å². The second-order valence-corrected chi connectivity index (χ2v) is 11.5. The van der Waals surface area contributed by atoms with Crippen LogP contribution < -0.4 is 4.74 Å². The number of sulfone groups is 1. The Morgan fingerprint density at radius 1 is 1.16 bits per heavy atom. The maximum Gasteiger partial charge on any atom is 0.154 e. The van der Waals surface area contributed by atoms with Gasteiger partial charge in [-0.2, -0.15) is 0 Å². The van der Waals surface area contributed by atoms with Crippen molar-refractivity contribution in [2.75, 3.05) is 25.6 Å². The largest absolute Gasteiger partial charge is 0.493 e. The Bertz CT molecular complexity index is 1020. The molecule has 2 aliphatic carbocycles. The van der Waals surface area contributed by atoms with Crippen molar-refractivity contribution in [3.63, 3.8) is 0 Å². The van der Waals surface area contributed by atoms with E-state index in [-0.39, 0.29) is 22.4 Å². The van der Waals surface area contributed by atoms with Crippen molar-refractivity contribution in [2.24, 2.45) is 17.3 Å². The van der Waals surface area contributed by atoms with Crippen LogP contribution in [0.15, 0.2) is 42.6 Å². The van der Waals surface area contributed by atoms with Crippen molar-refractivity contribution in [1.29, 1.82) is 0 Å². The molecule has 1 spiro atoms. The summed E-state index contributed by atoms with van der Waals surface area (Å²) < 4.78 is 50.8. The van der Waals surface area contributed by atoms with E-state index < -0.39 is 9.84 Å². The van der Waals surface area contributed by atoms with Gasteiger partial charge in [-0.05, 0) is 73.4 Å². The molecule has 31 heavy (non-hydrogen) atoms. The quantitative estimate of drug-likeness (QED) is 0.637. The Kier molecular flexibility index (Phi) is 5.51. The number of hydrogen-bond donors (Lipinski definition) is 0. The number of benzene rings is 1. The van der Waals surface area contributed by atoms with Crippen LogP contribution in [0.1, 0.15) is 32.1 Å². The average molecular weight is 446 g/mol. The molecule has 7 heteroatoms. The van der Waals surface area contributed by atoms with Gasteiger partial charge in [0.05, 0.1) is 36.1 Å². The third-order valence-corrected chi connectivity index (χ3v) is 9.78. The van der Waals surface area contributed by atoms with Crippen LogP contribution in [-0.4, -0.2) is 44.2 Å². The zero-order valence-electron chi connectivity index (χ0n) is 17.5. The standard InChI is InChI=1S/C24H28FNO4S/c25-20-6-9-22(26-13-20)18-4-7-21(8-5-18)30-15-19-14-29-11-10-24(19)12-23(24)31(27,28)16-17-2-1-3-17/h4-9,13,17,19,23H,1-3,10-12,14-16H2/t19-,23?,24-/m1/s1. The van der Waals surface area contributed by atoms with Crippen molar-refractivity contribution < 1.29 is 22.3 Å². The molecule has 1 saturated heterocycles. The van der Waals surface area contributed by atoms with Crippen LogP contribution in [0.3, 0.4) is 0 Å². The van der Waals surface area contributed by atoms with E-state index in [1.807, 2.05) is 24.3 Å². The number of rotatable bonds is 7. The van der Waals surface area contributed by atoms with Gasteiger partial charge in [-0.15, -0.1) is 0 Å². The molecule has 2 aromatic rings. The summed E-state index contributed by atoms with van der Waals surface area (Å²) in [6.45, 7) is 1.63. The van der Waals surface area contributed by atoms with Crippen molar-refractivity contribution in [3.8, 4) is 17.0 Å². The van der Waals surface area contributed by atoms with E-state index in [4.69, 9.17) is 9.47 Å². The predicted octanol–water partition coefficient (Wildman–Crippen LogP) is 4.28. The number of ether oxygens (including phenoxy) is 2. The SMILES string of the molecule is O=S(=O)(CC1CCC1)C1C[C@@]12CCOC[C@@H]2COc1ccc(-c2ccc(F)cn2)cc1. The summed E-state index contributed by atoms with van der Waals surface area (Å²) in [4.78, 5) is 4.10. The fraction of sp³-hybridized carbons (Fsp3) is 0.542. The van der Waals surface area contributed by atoms with Gasteiger partial charge in [0, 0.05) is 18.1 Å². The highest BCUT2D eigenvalue weighted by atomic mass is 32.2. The van der Waals surface area contributed by atoms with Gasteiger partial charge >= 0.3 is 0 Å². The first-order chi connectivity index (χ1) is 15.0. The molecule has 166 valence electrons. The third-order valence-electron chi connectivity index (χ3n) is 7.35. The van der Waals surface area contributed by atoms with Gasteiger partial charge in [0.1, 0.15) is 11.6 Å². The first-order valence-electron chi connectivity index (χ1n) is 11.1. The predicted molar refractivity (Wildman–Crippen MR) is 116 cm³/mol. The summed E-state index contributed by atoms with van der Waals surface area (Å²) >= 11 is 0. The average Bonchev–Trinajstić information content (AvgIpc) is 3.47. The normalized spacial score (nSPS) is 28.3. The maximum absolute atomic E-state index is 13.1. The smallest absolute Gasteiger partial charge is 0.154 e. The van der Waals surface area contributed by atoms with Crippen LogP contribution in [0.2, 0.25) is 0 Å². The van der Waals surface area contributed by atoms with Crippen molar-refractivity contribution >= 4 is 9.84 Å². The van der Waals surface area contributed by atoms with Gasteiger partial charge < -0.3 is 9.47 Å². The van der Waals surface area contributed by atoms with Gasteiger partial charge in [-0.25, -0.2) is 12.8 Å². The first-order valence-corrected chi connectivity index (χ1v) is 12.8. The highest BCUT2D eigenvalue weighted by molar-refractivity contribution is 7.92.